The molecular weight excluding hydrogens is 334 g/mol. The van der Waals surface area contributed by atoms with Gasteiger partial charge < -0.3 is 10.6 Å². The first-order chi connectivity index (χ1) is 10.9. The van der Waals surface area contributed by atoms with Gasteiger partial charge in [-0.15, -0.1) is 0 Å². The summed E-state index contributed by atoms with van der Waals surface area (Å²) >= 11 is 10.4. The lowest BCUT2D eigenvalue weighted by Gasteiger charge is -2.13. The molecule has 0 aliphatic heterocycles. The molecule has 0 aromatic heterocycles. The molecule has 0 spiro atoms. The number of hydrogen-bond acceptors (Lipinski definition) is 2. The lowest BCUT2D eigenvalue weighted by molar-refractivity contribution is 0.623. The Morgan fingerprint density at radius 2 is 1.22 bits per heavy atom. The molecule has 0 heterocycles. The van der Waals surface area contributed by atoms with Crippen LogP contribution < -0.4 is 10.6 Å². The predicted octanol–water partition coefficient (Wildman–Crippen LogP) is 5.15. The van der Waals surface area contributed by atoms with Crippen molar-refractivity contribution in [2.45, 2.75) is 20.3 Å². The SMILES string of the molecule is Cc1cccc(NC(=S)CC(=S)Nc2cccc(C)c2F)c1F. The van der Waals surface area contributed by atoms with Crippen LogP contribution in [-0.2, 0) is 0 Å². The second kappa shape index (κ2) is 7.57. The minimum atomic E-state index is -0.349. The maximum absolute atomic E-state index is 13.9. The van der Waals surface area contributed by atoms with Crippen LogP contribution in [0.1, 0.15) is 17.5 Å². The Labute approximate surface area is 144 Å². The molecule has 120 valence electrons. The third-order valence-corrected chi connectivity index (χ3v) is 3.75. The first-order valence-electron chi connectivity index (χ1n) is 6.98. The first-order valence-corrected chi connectivity index (χ1v) is 7.80. The van der Waals surface area contributed by atoms with Crippen LogP contribution in [0.4, 0.5) is 20.2 Å². The number of nitrogens with one attached hydrogen (secondary N) is 2. The van der Waals surface area contributed by atoms with E-state index in [0.717, 1.165) is 0 Å². The van der Waals surface area contributed by atoms with Crippen molar-refractivity contribution in [1.82, 2.24) is 0 Å². The minimum Gasteiger partial charge on any atom is -0.347 e. The van der Waals surface area contributed by atoms with E-state index in [1.54, 1.807) is 50.2 Å². The van der Waals surface area contributed by atoms with Crippen molar-refractivity contribution in [3.63, 3.8) is 0 Å². The molecule has 2 N–H and O–H groups in total. The Kier molecular flexibility index (Phi) is 5.74. The molecule has 2 aromatic carbocycles. The fourth-order valence-corrected chi connectivity index (χ4v) is 2.62. The van der Waals surface area contributed by atoms with Crippen LogP contribution in [0.2, 0.25) is 0 Å². The van der Waals surface area contributed by atoms with E-state index in [4.69, 9.17) is 24.4 Å². The first kappa shape index (κ1) is 17.4. The monoisotopic (exact) mass is 350 g/mol. The number of aryl methyl sites for hydroxylation is 2. The average molecular weight is 350 g/mol. The lowest BCUT2D eigenvalue weighted by atomic mass is 10.2. The van der Waals surface area contributed by atoms with Crippen LogP contribution in [0, 0.1) is 25.5 Å². The number of benzene rings is 2. The highest BCUT2D eigenvalue weighted by Gasteiger charge is 2.10. The Bertz CT molecular complexity index is 697. The molecule has 0 saturated carbocycles. The van der Waals surface area contributed by atoms with Crippen LogP contribution in [0.5, 0.6) is 0 Å². The summed E-state index contributed by atoms with van der Waals surface area (Å²) in [4.78, 5) is 0.722. The van der Waals surface area contributed by atoms with Gasteiger partial charge in [0.15, 0.2) is 0 Å². The third-order valence-electron chi connectivity index (χ3n) is 3.25. The normalized spacial score (nSPS) is 10.3. The summed E-state index contributed by atoms with van der Waals surface area (Å²) in [5, 5.41) is 5.66. The largest absolute Gasteiger partial charge is 0.347 e. The van der Waals surface area contributed by atoms with E-state index in [1.807, 2.05) is 0 Å². The molecule has 0 bridgehead atoms. The lowest BCUT2D eigenvalue weighted by Crippen LogP contribution is -2.19. The molecule has 6 heteroatoms. The van der Waals surface area contributed by atoms with Crippen LogP contribution in [0.25, 0.3) is 0 Å². The molecule has 23 heavy (non-hydrogen) atoms. The molecule has 0 unspecified atom stereocenters. The van der Waals surface area contributed by atoms with Gasteiger partial charge in [-0.25, -0.2) is 8.78 Å². The zero-order chi connectivity index (χ0) is 17.0. The van der Waals surface area contributed by atoms with E-state index in [1.165, 1.54) is 0 Å². The van der Waals surface area contributed by atoms with Gasteiger partial charge in [-0.2, -0.15) is 0 Å². The highest BCUT2D eigenvalue weighted by Crippen LogP contribution is 2.19. The van der Waals surface area contributed by atoms with E-state index >= 15 is 0 Å². The van der Waals surface area contributed by atoms with Crippen molar-refractivity contribution in [2.24, 2.45) is 0 Å². The van der Waals surface area contributed by atoms with Gasteiger partial charge >= 0.3 is 0 Å². The van der Waals surface area contributed by atoms with Crippen molar-refractivity contribution in [3.8, 4) is 0 Å². The van der Waals surface area contributed by atoms with Gasteiger partial charge in [-0.3, -0.25) is 0 Å². The third kappa shape index (κ3) is 4.53. The topological polar surface area (TPSA) is 24.1 Å². The quantitative estimate of drug-likeness (QED) is 0.745. The number of thiocarbonyl (C=S) groups is 2. The molecular formula is C17H16F2N2S2. The number of halogens is 2. The maximum atomic E-state index is 13.9. The Morgan fingerprint density at radius 1 is 0.826 bits per heavy atom. The smallest absolute Gasteiger partial charge is 0.149 e. The van der Waals surface area contributed by atoms with Gasteiger partial charge in [0.1, 0.15) is 11.6 Å². The fraction of sp³-hybridized carbons (Fsp3) is 0.176. The number of anilines is 2. The zero-order valence-electron chi connectivity index (χ0n) is 12.7. The molecule has 0 aliphatic rings. The molecule has 0 fully saturated rings. The van der Waals surface area contributed by atoms with Crippen molar-refractivity contribution in [3.05, 3.63) is 59.2 Å². The van der Waals surface area contributed by atoms with Gasteiger partial charge in [0.25, 0.3) is 0 Å². The summed E-state index contributed by atoms with van der Waals surface area (Å²) < 4.78 is 27.8. The zero-order valence-corrected chi connectivity index (χ0v) is 14.4. The Morgan fingerprint density at radius 3 is 1.61 bits per heavy atom. The van der Waals surface area contributed by atoms with E-state index in [2.05, 4.69) is 10.6 Å². The van der Waals surface area contributed by atoms with Crippen LogP contribution in [0.3, 0.4) is 0 Å². The van der Waals surface area contributed by atoms with Gasteiger partial charge in [0, 0.05) is 6.42 Å². The molecule has 0 saturated heterocycles. The molecule has 0 atom stereocenters. The summed E-state index contributed by atoms with van der Waals surface area (Å²) in [6.07, 6.45) is 0.200. The second-order valence-corrected chi connectivity index (χ2v) is 6.13. The van der Waals surface area contributed by atoms with E-state index in [-0.39, 0.29) is 18.1 Å². The van der Waals surface area contributed by atoms with Gasteiger partial charge in [0.2, 0.25) is 0 Å². The number of rotatable bonds is 4. The van der Waals surface area contributed by atoms with Crippen molar-refractivity contribution >= 4 is 45.8 Å². The van der Waals surface area contributed by atoms with Crippen molar-refractivity contribution < 1.29 is 8.78 Å². The van der Waals surface area contributed by atoms with Gasteiger partial charge in [0.05, 0.1) is 21.4 Å². The van der Waals surface area contributed by atoms with Crippen molar-refractivity contribution in [2.75, 3.05) is 10.6 Å². The van der Waals surface area contributed by atoms with Crippen molar-refractivity contribution in [1.29, 1.82) is 0 Å². The highest BCUT2D eigenvalue weighted by atomic mass is 32.1. The standard InChI is InChI=1S/C17H16F2N2S2/c1-10-5-3-7-12(16(10)18)20-14(22)9-15(23)21-13-8-4-6-11(2)17(13)19/h3-8H,9H2,1-2H3,(H,20,22)(H,21,23). The van der Waals surface area contributed by atoms with Crippen LogP contribution in [-0.4, -0.2) is 9.98 Å². The summed E-state index contributed by atoms with van der Waals surface area (Å²) in [6, 6.07) is 10.0. The summed E-state index contributed by atoms with van der Waals surface area (Å²) in [5.74, 6) is -0.697. The molecule has 0 aliphatic carbocycles. The summed E-state index contributed by atoms with van der Waals surface area (Å²) in [7, 11) is 0. The summed E-state index contributed by atoms with van der Waals surface area (Å²) in [5.41, 5.74) is 1.67. The molecule has 2 rings (SSSR count). The fourth-order valence-electron chi connectivity index (χ4n) is 2.02. The van der Waals surface area contributed by atoms with E-state index < -0.39 is 0 Å². The van der Waals surface area contributed by atoms with Gasteiger partial charge in [-0.1, -0.05) is 48.7 Å². The summed E-state index contributed by atoms with van der Waals surface area (Å²) in [6.45, 7) is 3.35. The van der Waals surface area contributed by atoms with E-state index in [0.29, 0.717) is 32.5 Å². The maximum Gasteiger partial charge on any atom is 0.149 e. The molecule has 2 aromatic rings. The molecule has 0 radical (unpaired) electrons. The van der Waals surface area contributed by atoms with Crippen LogP contribution >= 0.6 is 24.4 Å². The molecule has 0 amide bonds. The van der Waals surface area contributed by atoms with E-state index in [9.17, 15) is 8.78 Å². The minimum absolute atomic E-state index is 0.200. The van der Waals surface area contributed by atoms with Crippen LogP contribution in [0.15, 0.2) is 36.4 Å². The number of hydrogen-bond donors (Lipinski definition) is 2. The predicted molar refractivity (Wildman–Crippen MR) is 99.3 cm³/mol. The second-order valence-electron chi connectivity index (χ2n) is 5.15. The highest BCUT2D eigenvalue weighted by molar-refractivity contribution is 7.82. The Balaban J connectivity index is 1.99. The average Bonchev–Trinajstić information content (AvgIpc) is 2.48. The van der Waals surface area contributed by atoms with Gasteiger partial charge in [-0.05, 0) is 37.1 Å². The molecule has 2 nitrogen and oxygen atoms in total. The Hall–Kier alpha value is -1.92.